The maximum atomic E-state index is 12.0. The third-order valence-electron chi connectivity index (χ3n) is 3.26. The number of carboxylic acids is 1. The first-order valence-electron chi connectivity index (χ1n) is 6.67. The highest BCUT2D eigenvalue weighted by Gasteiger charge is 2.36. The quantitative estimate of drug-likeness (QED) is 0.763. The zero-order valence-electron chi connectivity index (χ0n) is 12.1. The Morgan fingerprint density at radius 3 is 2.68 bits per heavy atom. The molecule has 2 atom stereocenters. The summed E-state index contributed by atoms with van der Waals surface area (Å²) in [4.78, 5) is 23.8. The first kappa shape index (κ1) is 16.3. The lowest BCUT2D eigenvalue weighted by atomic mass is 10.3. The fraction of sp³-hybridized carbons (Fsp3) is 0.429. The van der Waals surface area contributed by atoms with E-state index in [-0.39, 0.29) is 13.2 Å². The molecule has 2 unspecified atom stereocenters. The minimum atomic E-state index is -1.26. The van der Waals surface area contributed by atoms with Crippen molar-refractivity contribution in [3.05, 3.63) is 24.3 Å². The second-order valence-corrected chi connectivity index (χ2v) is 6.37. The van der Waals surface area contributed by atoms with E-state index in [2.05, 4.69) is 0 Å². The number of methoxy groups -OCH3 is 1. The van der Waals surface area contributed by atoms with Gasteiger partial charge in [-0.05, 0) is 12.1 Å². The van der Waals surface area contributed by atoms with E-state index in [0.29, 0.717) is 17.3 Å². The number of aliphatic carboxylic acids is 1. The normalized spacial score (nSPS) is 20.7. The van der Waals surface area contributed by atoms with Crippen molar-refractivity contribution in [3.8, 4) is 11.5 Å². The second-order valence-electron chi connectivity index (χ2n) is 4.66. The summed E-state index contributed by atoms with van der Waals surface area (Å²) >= 11 is 0. The van der Waals surface area contributed by atoms with Crippen molar-refractivity contribution >= 4 is 22.7 Å². The van der Waals surface area contributed by atoms with Crippen molar-refractivity contribution in [2.45, 2.75) is 11.8 Å². The van der Waals surface area contributed by atoms with Crippen molar-refractivity contribution in [2.24, 2.45) is 0 Å². The Morgan fingerprint density at radius 1 is 1.36 bits per heavy atom. The topological polar surface area (TPSA) is 93.1 Å². The van der Waals surface area contributed by atoms with Crippen LogP contribution < -0.4 is 9.47 Å². The SMILES string of the molecule is COc1ccccc1OCC1N(C(=O)CC(=O)O)CCS1=O. The van der Waals surface area contributed by atoms with Gasteiger partial charge in [0.25, 0.3) is 0 Å². The molecule has 0 saturated carbocycles. The first-order chi connectivity index (χ1) is 10.5. The molecule has 1 aliphatic rings. The molecule has 1 saturated heterocycles. The molecular weight excluding hydrogens is 310 g/mol. The largest absolute Gasteiger partial charge is 0.493 e. The van der Waals surface area contributed by atoms with Crippen LogP contribution in [-0.2, 0) is 20.4 Å². The lowest BCUT2D eigenvalue weighted by Crippen LogP contribution is -2.41. The van der Waals surface area contributed by atoms with E-state index < -0.39 is 34.5 Å². The zero-order chi connectivity index (χ0) is 16.1. The van der Waals surface area contributed by atoms with Crippen LogP contribution in [0.15, 0.2) is 24.3 Å². The van der Waals surface area contributed by atoms with Crippen LogP contribution in [0, 0.1) is 0 Å². The molecule has 1 aliphatic heterocycles. The molecule has 0 aromatic heterocycles. The molecule has 7 nitrogen and oxygen atoms in total. The molecule has 1 aromatic rings. The summed E-state index contributed by atoms with van der Waals surface area (Å²) in [5.41, 5.74) is 0. The van der Waals surface area contributed by atoms with Crippen LogP contribution in [-0.4, -0.2) is 57.5 Å². The fourth-order valence-corrected chi connectivity index (χ4v) is 3.57. The monoisotopic (exact) mass is 327 g/mol. The molecule has 22 heavy (non-hydrogen) atoms. The van der Waals surface area contributed by atoms with Gasteiger partial charge < -0.3 is 19.5 Å². The van der Waals surface area contributed by atoms with E-state index in [4.69, 9.17) is 14.6 Å². The number of nitrogens with zero attached hydrogens (tertiary/aromatic N) is 1. The van der Waals surface area contributed by atoms with Crippen LogP contribution in [0.25, 0.3) is 0 Å². The molecule has 1 heterocycles. The number of benzene rings is 1. The first-order valence-corrected chi connectivity index (χ1v) is 8.05. The Kier molecular flexibility index (Phi) is 5.37. The number of para-hydroxylation sites is 2. The number of carbonyl (C=O) groups excluding carboxylic acids is 1. The summed E-state index contributed by atoms with van der Waals surface area (Å²) in [6, 6.07) is 7.01. The number of carbonyl (C=O) groups is 2. The molecule has 0 bridgehead atoms. The van der Waals surface area contributed by atoms with Gasteiger partial charge in [0.05, 0.1) is 7.11 Å². The Morgan fingerprint density at radius 2 is 2.05 bits per heavy atom. The molecule has 2 rings (SSSR count). The van der Waals surface area contributed by atoms with E-state index in [9.17, 15) is 13.8 Å². The van der Waals surface area contributed by atoms with E-state index in [1.54, 1.807) is 24.3 Å². The minimum Gasteiger partial charge on any atom is -0.493 e. The van der Waals surface area contributed by atoms with Crippen LogP contribution in [0.5, 0.6) is 11.5 Å². The molecule has 1 aromatic carbocycles. The van der Waals surface area contributed by atoms with Gasteiger partial charge >= 0.3 is 5.97 Å². The minimum absolute atomic E-state index is 0.0261. The van der Waals surface area contributed by atoms with Gasteiger partial charge in [-0.3, -0.25) is 13.8 Å². The van der Waals surface area contributed by atoms with Gasteiger partial charge in [0.15, 0.2) is 11.5 Å². The molecule has 8 heteroatoms. The Bertz CT molecular complexity index is 590. The Balaban J connectivity index is 2.04. The molecule has 0 radical (unpaired) electrons. The highest BCUT2D eigenvalue weighted by Crippen LogP contribution is 2.27. The maximum absolute atomic E-state index is 12.0. The van der Waals surface area contributed by atoms with Crippen LogP contribution in [0.4, 0.5) is 0 Å². The van der Waals surface area contributed by atoms with Crippen LogP contribution in [0.2, 0.25) is 0 Å². The van der Waals surface area contributed by atoms with Gasteiger partial charge in [0.2, 0.25) is 5.91 Å². The summed E-state index contributed by atoms with van der Waals surface area (Å²) in [6.07, 6.45) is -0.609. The number of rotatable bonds is 6. The van der Waals surface area contributed by atoms with Crippen molar-refractivity contribution in [1.29, 1.82) is 0 Å². The second kappa shape index (κ2) is 7.26. The molecule has 0 aliphatic carbocycles. The summed E-state index contributed by atoms with van der Waals surface area (Å²) in [5, 5.41) is 8.06. The van der Waals surface area contributed by atoms with Gasteiger partial charge in [-0.1, -0.05) is 12.1 Å². The summed E-state index contributed by atoms with van der Waals surface area (Å²) in [6.45, 7) is 0.303. The molecule has 120 valence electrons. The number of amides is 1. The average Bonchev–Trinajstić information content (AvgIpc) is 2.86. The maximum Gasteiger partial charge on any atom is 0.312 e. The summed E-state index contributed by atoms with van der Waals surface area (Å²) in [5.74, 6) is -0.404. The predicted octanol–water partition coefficient (Wildman–Crippen LogP) is 0.466. The van der Waals surface area contributed by atoms with Gasteiger partial charge in [0, 0.05) is 23.1 Å². The summed E-state index contributed by atoms with van der Waals surface area (Å²) < 4.78 is 22.8. The third-order valence-corrected chi connectivity index (χ3v) is 4.84. The van der Waals surface area contributed by atoms with E-state index in [0.717, 1.165) is 0 Å². The number of hydrogen-bond donors (Lipinski definition) is 1. The highest BCUT2D eigenvalue weighted by atomic mass is 32.2. The highest BCUT2D eigenvalue weighted by molar-refractivity contribution is 7.85. The van der Waals surface area contributed by atoms with Crippen molar-refractivity contribution < 1.29 is 28.4 Å². The van der Waals surface area contributed by atoms with E-state index in [1.165, 1.54) is 12.0 Å². The Hall–Kier alpha value is -2.09. The van der Waals surface area contributed by atoms with Gasteiger partial charge in [-0.15, -0.1) is 0 Å². The van der Waals surface area contributed by atoms with Gasteiger partial charge in [-0.25, -0.2) is 0 Å². The predicted molar refractivity (Wildman–Crippen MR) is 79.3 cm³/mol. The van der Waals surface area contributed by atoms with Crippen molar-refractivity contribution in [1.82, 2.24) is 4.90 Å². The molecular formula is C14H17NO6S. The Labute approximate surface area is 130 Å². The molecule has 1 N–H and O–H groups in total. The van der Waals surface area contributed by atoms with Gasteiger partial charge in [0.1, 0.15) is 18.4 Å². The van der Waals surface area contributed by atoms with Gasteiger partial charge in [-0.2, -0.15) is 0 Å². The van der Waals surface area contributed by atoms with Crippen LogP contribution in [0.1, 0.15) is 6.42 Å². The van der Waals surface area contributed by atoms with Crippen LogP contribution >= 0.6 is 0 Å². The van der Waals surface area contributed by atoms with Crippen molar-refractivity contribution in [3.63, 3.8) is 0 Å². The number of ether oxygens (including phenoxy) is 2. The summed E-state index contributed by atoms with van der Waals surface area (Å²) in [7, 11) is 0.251. The fourth-order valence-electron chi connectivity index (χ4n) is 2.19. The number of carboxylic acid groups (broad SMARTS) is 1. The van der Waals surface area contributed by atoms with Crippen molar-refractivity contribution in [2.75, 3.05) is 26.0 Å². The lowest BCUT2D eigenvalue weighted by molar-refractivity contribution is -0.144. The molecule has 0 spiro atoms. The standard InChI is InChI=1S/C14H17NO6S/c1-20-10-4-2-3-5-11(10)21-9-13-15(6-7-22(13)19)12(16)8-14(17)18/h2-5,13H,6-9H2,1H3,(H,17,18). The number of hydrogen-bond acceptors (Lipinski definition) is 5. The third kappa shape index (κ3) is 3.76. The average molecular weight is 327 g/mol. The van der Waals surface area contributed by atoms with E-state index >= 15 is 0 Å². The molecule has 1 amide bonds. The lowest BCUT2D eigenvalue weighted by Gasteiger charge is -2.23. The van der Waals surface area contributed by atoms with E-state index in [1.807, 2.05) is 0 Å². The smallest absolute Gasteiger partial charge is 0.312 e. The van der Waals surface area contributed by atoms with Crippen LogP contribution in [0.3, 0.4) is 0 Å². The zero-order valence-corrected chi connectivity index (χ0v) is 12.9. The molecule has 1 fully saturated rings.